The van der Waals surface area contributed by atoms with Gasteiger partial charge in [-0.1, -0.05) is 38.1 Å². The van der Waals surface area contributed by atoms with Crippen LogP contribution in [0.3, 0.4) is 0 Å². The zero-order chi connectivity index (χ0) is 28.3. The molecule has 0 fully saturated rings. The summed E-state index contributed by atoms with van der Waals surface area (Å²) < 4.78 is 37.0. The summed E-state index contributed by atoms with van der Waals surface area (Å²) in [4.78, 5) is 28.3. The predicted octanol–water partition coefficient (Wildman–Crippen LogP) is 3.97. The van der Waals surface area contributed by atoms with Crippen LogP contribution in [0.25, 0.3) is 0 Å². The first kappa shape index (κ1) is 31.0. The molecule has 0 aliphatic carbocycles. The van der Waals surface area contributed by atoms with E-state index in [1.165, 1.54) is 11.4 Å². The van der Waals surface area contributed by atoms with Crippen molar-refractivity contribution in [2.75, 3.05) is 31.3 Å². The fourth-order valence-electron chi connectivity index (χ4n) is 4.11. The number of anilines is 1. The van der Waals surface area contributed by atoms with Crippen LogP contribution in [-0.2, 0) is 26.2 Å². The molecule has 2 amide bonds. The van der Waals surface area contributed by atoms with Crippen LogP contribution in [0.2, 0.25) is 0 Å². The monoisotopic (exact) mass is 547 g/mol. The number of ether oxygens (including phenoxy) is 2. The van der Waals surface area contributed by atoms with Crippen LogP contribution >= 0.6 is 0 Å². The molecule has 0 radical (unpaired) electrons. The van der Waals surface area contributed by atoms with Crippen LogP contribution in [0, 0.1) is 0 Å². The Bertz CT molecular complexity index is 1150. The molecule has 1 N–H and O–H groups in total. The lowest BCUT2D eigenvalue weighted by Gasteiger charge is -2.32. The largest absolute Gasteiger partial charge is 0.497 e. The van der Waals surface area contributed by atoms with E-state index in [2.05, 4.69) is 5.32 Å². The minimum atomic E-state index is -3.62. The lowest BCUT2D eigenvalue weighted by atomic mass is 10.1. The summed E-state index contributed by atoms with van der Waals surface area (Å²) in [5, 5.41) is 2.99. The Labute approximate surface area is 227 Å². The number of methoxy groups -OCH3 is 2. The molecule has 0 saturated carbocycles. The summed E-state index contributed by atoms with van der Waals surface area (Å²) in [5.74, 6) is 0.708. The molecule has 0 aliphatic heterocycles. The van der Waals surface area contributed by atoms with Crippen LogP contribution in [0.1, 0.15) is 52.0 Å². The Morgan fingerprint density at radius 3 is 2.18 bits per heavy atom. The minimum absolute atomic E-state index is 0.0151. The molecular weight excluding hydrogens is 506 g/mol. The second kappa shape index (κ2) is 14.6. The van der Waals surface area contributed by atoms with Gasteiger partial charge in [-0.3, -0.25) is 13.9 Å². The summed E-state index contributed by atoms with van der Waals surface area (Å²) in [6.45, 7) is 6.14. The van der Waals surface area contributed by atoms with E-state index in [-0.39, 0.29) is 43.8 Å². The van der Waals surface area contributed by atoms with Crippen molar-refractivity contribution in [3.8, 4) is 11.5 Å². The SMILES string of the molecule is CC[C@H](C(=O)N[C@@H](C)CC)N(Cc1ccc(OC)cc1)C(=O)CCCN(c1ccccc1OC)S(C)(=O)=O. The number of nitrogens with zero attached hydrogens (tertiary/aromatic N) is 2. The van der Waals surface area contributed by atoms with Crippen molar-refractivity contribution < 1.29 is 27.5 Å². The van der Waals surface area contributed by atoms with Gasteiger partial charge < -0.3 is 19.7 Å². The third kappa shape index (κ3) is 8.65. The lowest BCUT2D eigenvalue weighted by Crippen LogP contribution is -2.50. The highest BCUT2D eigenvalue weighted by Crippen LogP contribution is 2.30. The Morgan fingerprint density at radius 1 is 0.974 bits per heavy atom. The van der Waals surface area contributed by atoms with Gasteiger partial charge in [0.15, 0.2) is 0 Å². The molecule has 2 aromatic rings. The summed E-state index contributed by atoms with van der Waals surface area (Å²) in [6, 6.07) is 13.6. The highest BCUT2D eigenvalue weighted by molar-refractivity contribution is 7.92. The molecule has 38 heavy (non-hydrogen) atoms. The number of carbonyl (C=O) groups excluding carboxylic acids is 2. The van der Waals surface area contributed by atoms with Crippen molar-refractivity contribution in [3.05, 3.63) is 54.1 Å². The summed E-state index contributed by atoms with van der Waals surface area (Å²) in [5.41, 5.74) is 1.28. The maximum absolute atomic E-state index is 13.6. The number of benzene rings is 2. The molecule has 0 saturated heterocycles. The van der Waals surface area contributed by atoms with Gasteiger partial charge in [-0.05, 0) is 56.0 Å². The fraction of sp³-hybridized carbons (Fsp3) is 0.500. The number of rotatable bonds is 15. The van der Waals surface area contributed by atoms with Crippen LogP contribution in [0.15, 0.2) is 48.5 Å². The van der Waals surface area contributed by atoms with Crippen LogP contribution in [0.5, 0.6) is 11.5 Å². The molecule has 10 heteroatoms. The molecule has 210 valence electrons. The highest BCUT2D eigenvalue weighted by atomic mass is 32.2. The second-order valence-electron chi connectivity index (χ2n) is 9.22. The van der Waals surface area contributed by atoms with Gasteiger partial charge in [-0.2, -0.15) is 0 Å². The van der Waals surface area contributed by atoms with Crippen LogP contribution < -0.4 is 19.1 Å². The topological polar surface area (TPSA) is 105 Å². The molecule has 0 aliphatic rings. The van der Waals surface area contributed by atoms with E-state index in [1.807, 2.05) is 45.0 Å². The molecular formula is C28H41N3O6S. The minimum Gasteiger partial charge on any atom is -0.497 e. The quantitative estimate of drug-likeness (QED) is 0.362. The molecule has 0 bridgehead atoms. The van der Waals surface area contributed by atoms with Gasteiger partial charge in [0.05, 0.1) is 26.2 Å². The zero-order valence-corrected chi connectivity index (χ0v) is 24.1. The lowest BCUT2D eigenvalue weighted by molar-refractivity contribution is -0.141. The molecule has 0 unspecified atom stereocenters. The first-order valence-corrected chi connectivity index (χ1v) is 14.7. The van der Waals surface area contributed by atoms with Gasteiger partial charge in [0.1, 0.15) is 17.5 Å². The van der Waals surface area contributed by atoms with Crippen molar-refractivity contribution >= 4 is 27.5 Å². The Morgan fingerprint density at radius 2 is 1.63 bits per heavy atom. The van der Waals surface area contributed by atoms with E-state index in [0.717, 1.165) is 18.2 Å². The van der Waals surface area contributed by atoms with Gasteiger partial charge in [-0.25, -0.2) is 8.42 Å². The van der Waals surface area contributed by atoms with Gasteiger partial charge in [-0.15, -0.1) is 0 Å². The maximum atomic E-state index is 13.6. The van der Waals surface area contributed by atoms with E-state index < -0.39 is 16.1 Å². The smallest absolute Gasteiger partial charge is 0.243 e. The van der Waals surface area contributed by atoms with E-state index in [0.29, 0.717) is 23.6 Å². The third-order valence-corrected chi connectivity index (χ3v) is 7.58. The Kier molecular flexibility index (Phi) is 11.9. The van der Waals surface area contributed by atoms with Gasteiger partial charge >= 0.3 is 0 Å². The normalized spacial score (nSPS) is 12.8. The number of hydrogen-bond donors (Lipinski definition) is 1. The maximum Gasteiger partial charge on any atom is 0.243 e. The van der Waals surface area contributed by atoms with Crippen molar-refractivity contribution in [3.63, 3.8) is 0 Å². The van der Waals surface area contributed by atoms with E-state index in [1.54, 1.807) is 36.3 Å². The van der Waals surface area contributed by atoms with Crippen LogP contribution in [-0.4, -0.2) is 64.2 Å². The Hall–Kier alpha value is -3.27. The number of nitrogens with one attached hydrogen (secondary N) is 1. The number of hydrogen-bond acceptors (Lipinski definition) is 6. The van der Waals surface area contributed by atoms with E-state index >= 15 is 0 Å². The summed E-state index contributed by atoms with van der Waals surface area (Å²) in [6.07, 6.45) is 2.69. The van der Waals surface area contributed by atoms with Gasteiger partial charge in [0.25, 0.3) is 0 Å². The van der Waals surface area contributed by atoms with E-state index in [4.69, 9.17) is 9.47 Å². The summed E-state index contributed by atoms with van der Waals surface area (Å²) in [7, 11) is -0.556. The first-order chi connectivity index (χ1) is 18.0. The number of sulfonamides is 1. The molecule has 2 atom stereocenters. The number of amides is 2. The Balaban J connectivity index is 2.25. The zero-order valence-electron chi connectivity index (χ0n) is 23.3. The molecule has 0 spiro atoms. The number of para-hydroxylation sites is 2. The van der Waals surface area contributed by atoms with Crippen LogP contribution in [0.4, 0.5) is 5.69 Å². The summed E-state index contributed by atoms with van der Waals surface area (Å²) >= 11 is 0. The van der Waals surface area contributed by atoms with E-state index in [9.17, 15) is 18.0 Å². The molecule has 2 rings (SSSR count). The molecule has 2 aromatic carbocycles. The van der Waals surface area contributed by atoms with Crippen molar-refractivity contribution in [1.82, 2.24) is 10.2 Å². The first-order valence-electron chi connectivity index (χ1n) is 12.9. The number of carbonyl (C=O) groups is 2. The third-order valence-electron chi connectivity index (χ3n) is 6.40. The average molecular weight is 548 g/mol. The standard InChI is InChI=1S/C28H41N3O6S/c1-7-21(3)29-28(33)24(8-2)30(20-22-15-17-23(36-4)18-16-22)27(32)14-11-19-31(38(6,34)35)25-12-9-10-13-26(25)37-5/h9-10,12-13,15-18,21,24H,7-8,11,14,19-20H2,1-6H3,(H,29,33)/t21-,24+/m0/s1. The molecule has 0 aromatic heterocycles. The van der Waals surface area contributed by atoms with Crippen molar-refractivity contribution in [2.24, 2.45) is 0 Å². The van der Waals surface area contributed by atoms with Gasteiger partial charge in [0, 0.05) is 25.6 Å². The van der Waals surface area contributed by atoms with Gasteiger partial charge in [0.2, 0.25) is 21.8 Å². The van der Waals surface area contributed by atoms with Crippen molar-refractivity contribution in [2.45, 2.75) is 65.1 Å². The average Bonchev–Trinajstić information content (AvgIpc) is 2.90. The molecule has 9 nitrogen and oxygen atoms in total. The predicted molar refractivity (Wildman–Crippen MR) is 150 cm³/mol. The second-order valence-corrected chi connectivity index (χ2v) is 11.1. The fourth-order valence-corrected chi connectivity index (χ4v) is 5.08. The molecule has 0 heterocycles. The highest BCUT2D eigenvalue weighted by Gasteiger charge is 2.29. The van der Waals surface area contributed by atoms with Crippen molar-refractivity contribution in [1.29, 1.82) is 0 Å².